The number of pyridine rings is 1. The van der Waals surface area contributed by atoms with E-state index in [-0.39, 0.29) is 18.7 Å². The van der Waals surface area contributed by atoms with Crippen molar-refractivity contribution in [1.82, 2.24) is 10.3 Å². The van der Waals surface area contributed by atoms with Crippen LogP contribution in [0.3, 0.4) is 0 Å². The summed E-state index contributed by atoms with van der Waals surface area (Å²) in [5.41, 5.74) is 2.19. The molecule has 0 fully saturated rings. The number of ether oxygens (including phenoxy) is 1. The molecule has 0 radical (unpaired) electrons. The first kappa shape index (κ1) is 16.8. The molecule has 0 atom stereocenters. The largest absolute Gasteiger partial charge is 0.445 e. The van der Waals surface area contributed by atoms with E-state index in [1.807, 2.05) is 36.4 Å². The molecule has 1 amide bonds. The average Bonchev–Trinajstić information content (AvgIpc) is 2.58. The monoisotopic (exact) mass is 314 g/mol. The van der Waals surface area contributed by atoms with Gasteiger partial charge < -0.3 is 15.0 Å². The molecule has 5 heteroatoms. The molecular weight excluding hydrogens is 292 g/mol. The van der Waals surface area contributed by atoms with Crippen LogP contribution in [0.25, 0.3) is 0 Å². The first-order valence-electron chi connectivity index (χ1n) is 7.84. The van der Waals surface area contributed by atoms with Crippen molar-refractivity contribution in [2.45, 2.75) is 39.3 Å². The molecule has 0 saturated carbocycles. The summed E-state index contributed by atoms with van der Waals surface area (Å²) in [6.45, 7) is 2.47. The standard InChI is InChI=1S/C18H22N2O3/c1-2-3-9-16-11-10-15(17(21)20-16)12-19-18(22)23-13-14-7-5-4-6-8-14/h4-8,10-11H,2-3,9,12-13H2,1H3,(H,19,22)(H,20,21). The maximum absolute atomic E-state index is 11.9. The lowest BCUT2D eigenvalue weighted by Gasteiger charge is -2.07. The maximum Gasteiger partial charge on any atom is 0.407 e. The zero-order valence-corrected chi connectivity index (χ0v) is 13.3. The Morgan fingerprint density at radius 1 is 1.17 bits per heavy atom. The Hall–Kier alpha value is -2.56. The molecule has 2 rings (SSSR count). The molecule has 0 aliphatic heterocycles. The second kappa shape index (κ2) is 8.78. The van der Waals surface area contributed by atoms with E-state index < -0.39 is 6.09 Å². The Morgan fingerprint density at radius 3 is 2.65 bits per heavy atom. The van der Waals surface area contributed by atoms with E-state index in [4.69, 9.17) is 4.74 Å². The summed E-state index contributed by atoms with van der Waals surface area (Å²) in [6.07, 6.45) is 2.44. The molecule has 1 heterocycles. The van der Waals surface area contributed by atoms with Gasteiger partial charge in [0.2, 0.25) is 0 Å². The lowest BCUT2D eigenvalue weighted by atomic mass is 10.1. The zero-order chi connectivity index (χ0) is 16.5. The van der Waals surface area contributed by atoms with Crippen molar-refractivity contribution in [2.24, 2.45) is 0 Å². The van der Waals surface area contributed by atoms with Crippen molar-refractivity contribution in [3.8, 4) is 0 Å². The van der Waals surface area contributed by atoms with E-state index in [1.54, 1.807) is 6.07 Å². The van der Waals surface area contributed by atoms with Crippen LogP contribution in [0.4, 0.5) is 4.79 Å². The smallest absolute Gasteiger partial charge is 0.407 e. The fourth-order valence-corrected chi connectivity index (χ4v) is 2.14. The van der Waals surface area contributed by atoms with Crippen LogP contribution in [0.2, 0.25) is 0 Å². The van der Waals surface area contributed by atoms with E-state index in [2.05, 4.69) is 17.2 Å². The maximum atomic E-state index is 11.9. The Labute approximate surface area is 135 Å². The second-order valence-corrected chi connectivity index (χ2v) is 5.36. The SMILES string of the molecule is CCCCc1ccc(CNC(=O)OCc2ccccc2)c(=O)[nH]1. The van der Waals surface area contributed by atoms with Crippen LogP contribution in [-0.4, -0.2) is 11.1 Å². The van der Waals surface area contributed by atoms with Gasteiger partial charge in [0, 0.05) is 11.3 Å². The minimum atomic E-state index is -0.539. The predicted molar refractivity (Wildman–Crippen MR) is 89.1 cm³/mol. The Balaban J connectivity index is 1.81. The van der Waals surface area contributed by atoms with E-state index in [1.165, 1.54) is 0 Å². The van der Waals surface area contributed by atoms with Gasteiger partial charge in [0.05, 0.1) is 6.54 Å². The summed E-state index contributed by atoms with van der Waals surface area (Å²) >= 11 is 0. The quantitative estimate of drug-likeness (QED) is 0.824. The highest BCUT2D eigenvalue weighted by atomic mass is 16.5. The molecule has 0 unspecified atom stereocenters. The number of hydrogen-bond donors (Lipinski definition) is 2. The van der Waals surface area contributed by atoms with Gasteiger partial charge in [-0.2, -0.15) is 0 Å². The topological polar surface area (TPSA) is 71.2 Å². The molecule has 0 aliphatic carbocycles. The van der Waals surface area contributed by atoms with Crippen molar-refractivity contribution in [1.29, 1.82) is 0 Å². The highest BCUT2D eigenvalue weighted by Crippen LogP contribution is 2.02. The van der Waals surface area contributed by atoms with Gasteiger partial charge in [-0.3, -0.25) is 4.79 Å². The van der Waals surface area contributed by atoms with Gasteiger partial charge in [-0.05, 0) is 24.5 Å². The summed E-state index contributed by atoms with van der Waals surface area (Å²) in [5.74, 6) is 0. The molecule has 5 nitrogen and oxygen atoms in total. The molecule has 122 valence electrons. The van der Waals surface area contributed by atoms with Crippen molar-refractivity contribution < 1.29 is 9.53 Å². The number of benzene rings is 1. The van der Waals surface area contributed by atoms with E-state index >= 15 is 0 Å². The second-order valence-electron chi connectivity index (χ2n) is 5.36. The molecule has 23 heavy (non-hydrogen) atoms. The number of carbonyl (C=O) groups excluding carboxylic acids is 1. The van der Waals surface area contributed by atoms with Crippen molar-refractivity contribution >= 4 is 6.09 Å². The molecule has 2 N–H and O–H groups in total. The minimum Gasteiger partial charge on any atom is -0.445 e. The molecule has 0 aliphatic rings. The van der Waals surface area contributed by atoms with Gasteiger partial charge in [-0.25, -0.2) is 4.79 Å². The van der Waals surface area contributed by atoms with Crippen LogP contribution in [0.5, 0.6) is 0 Å². The van der Waals surface area contributed by atoms with Gasteiger partial charge in [-0.1, -0.05) is 49.7 Å². The number of amides is 1. The third-order valence-corrected chi connectivity index (χ3v) is 3.49. The van der Waals surface area contributed by atoms with Crippen LogP contribution in [0.1, 0.15) is 36.6 Å². The molecule has 1 aromatic heterocycles. The average molecular weight is 314 g/mol. The number of rotatable bonds is 7. The molecule has 2 aromatic rings. The Morgan fingerprint density at radius 2 is 1.96 bits per heavy atom. The number of aromatic nitrogens is 1. The minimum absolute atomic E-state index is 0.150. The number of aryl methyl sites for hydroxylation is 1. The highest BCUT2D eigenvalue weighted by Gasteiger charge is 2.06. The molecular formula is C18H22N2O3. The first-order chi connectivity index (χ1) is 11.2. The van der Waals surface area contributed by atoms with Gasteiger partial charge in [0.15, 0.2) is 0 Å². The highest BCUT2D eigenvalue weighted by molar-refractivity contribution is 5.67. The number of H-pyrrole nitrogens is 1. The third kappa shape index (κ3) is 5.62. The number of hydrogen-bond acceptors (Lipinski definition) is 3. The summed E-state index contributed by atoms with van der Waals surface area (Å²) < 4.78 is 5.10. The van der Waals surface area contributed by atoms with Crippen molar-refractivity contribution in [3.63, 3.8) is 0 Å². The summed E-state index contributed by atoms with van der Waals surface area (Å²) in [6, 6.07) is 13.1. The van der Waals surface area contributed by atoms with E-state index in [0.29, 0.717) is 5.56 Å². The number of nitrogens with one attached hydrogen (secondary N) is 2. The lowest BCUT2D eigenvalue weighted by molar-refractivity contribution is 0.139. The third-order valence-electron chi connectivity index (χ3n) is 3.49. The summed E-state index contributed by atoms with van der Waals surface area (Å²) in [4.78, 5) is 26.5. The molecule has 0 bridgehead atoms. The van der Waals surface area contributed by atoms with Crippen molar-refractivity contribution in [3.05, 3.63) is 69.6 Å². The number of unbranched alkanes of at least 4 members (excludes halogenated alkanes) is 1. The van der Waals surface area contributed by atoms with Gasteiger partial charge in [-0.15, -0.1) is 0 Å². The first-order valence-corrected chi connectivity index (χ1v) is 7.84. The van der Waals surface area contributed by atoms with Crippen LogP contribution in [-0.2, 0) is 24.3 Å². The van der Waals surface area contributed by atoms with E-state index in [0.717, 1.165) is 30.5 Å². The van der Waals surface area contributed by atoms with Gasteiger partial charge >= 0.3 is 6.09 Å². The van der Waals surface area contributed by atoms with Crippen LogP contribution >= 0.6 is 0 Å². The molecule has 0 spiro atoms. The number of aromatic amines is 1. The summed E-state index contributed by atoms with van der Waals surface area (Å²) in [7, 11) is 0. The zero-order valence-electron chi connectivity index (χ0n) is 13.3. The fourth-order valence-electron chi connectivity index (χ4n) is 2.14. The fraction of sp³-hybridized carbons (Fsp3) is 0.333. The predicted octanol–water partition coefficient (Wildman–Crippen LogP) is 3.14. The Bertz CT molecular complexity index is 680. The van der Waals surface area contributed by atoms with Crippen LogP contribution < -0.4 is 10.9 Å². The molecule has 1 aromatic carbocycles. The normalized spacial score (nSPS) is 10.3. The summed E-state index contributed by atoms with van der Waals surface area (Å²) in [5, 5.41) is 2.59. The lowest BCUT2D eigenvalue weighted by Crippen LogP contribution is -2.27. The number of carbonyl (C=O) groups is 1. The molecule has 0 saturated heterocycles. The van der Waals surface area contributed by atoms with Gasteiger partial charge in [0.1, 0.15) is 6.61 Å². The van der Waals surface area contributed by atoms with Gasteiger partial charge in [0.25, 0.3) is 5.56 Å². The van der Waals surface area contributed by atoms with Crippen LogP contribution in [0.15, 0.2) is 47.3 Å². The Kier molecular flexibility index (Phi) is 6.41. The van der Waals surface area contributed by atoms with Crippen molar-refractivity contribution in [2.75, 3.05) is 0 Å². The van der Waals surface area contributed by atoms with Crippen LogP contribution in [0, 0.1) is 0 Å². The van der Waals surface area contributed by atoms with E-state index in [9.17, 15) is 9.59 Å². The number of alkyl carbamates (subject to hydrolysis) is 1.